The van der Waals surface area contributed by atoms with Crippen molar-refractivity contribution < 1.29 is 0 Å². The smallest absolute Gasteiger partial charge is 0.0341 e. The molecule has 0 rings (SSSR count). The van der Waals surface area contributed by atoms with E-state index in [1.807, 2.05) is 0 Å². The Kier molecular flexibility index (Phi) is 5.46. The van der Waals surface area contributed by atoms with Crippen molar-refractivity contribution in [1.29, 1.82) is 0 Å². The van der Waals surface area contributed by atoms with Gasteiger partial charge in [-0.25, -0.2) is 0 Å². The predicted octanol–water partition coefficient (Wildman–Crippen LogP) is 2.79. The largest absolute Gasteiger partial charge is 0.123 e. The normalized spacial score (nSPS) is 14.1. The lowest BCUT2D eigenvalue weighted by Gasteiger charge is -1.99. The minimum atomic E-state index is 0.374. The summed E-state index contributed by atoms with van der Waals surface area (Å²) in [7, 11) is 0. The summed E-state index contributed by atoms with van der Waals surface area (Å²) < 4.78 is 0. The lowest BCUT2D eigenvalue weighted by atomic mass is 10.3. The third-order valence-electron chi connectivity index (χ3n) is 0.865. The summed E-state index contributed by atoms with van der Waals surface area (Å²) in [6, 6.07) is 0. The van der Waals surface area contributed by atoms with Crippen LogP contribution in [0.15, 0.2) is 0 Å². The van der Waals surface area contributed by atoms with Crippen LogP contribution in [0.3, 0.4) is 0 Å². The van der Waals surface area contributed by atoms with E-state index in [-0.39, 0.29) is 0 Å². The molecule has 0 saturated heterocycles. The Hall–Kier alpha value is 0.770. The Morgan fingerprint density at radius 2 is 2.29 bits per heavy atom. The van der Waals surface area contributed by atoms with E-state index in [1.165, 1.54) is 0 Å². The Morgan fingerprint density at radius 1 is 1.71 bits per heavy atom. The van der Waals surface area contributed by atoms with Crippen molar-refractivity contribution in [3.63, 3.8) is 0 Å². The van der Waals surface area contributed by atoms with Gasteiger partial charge in [0.05, 0.1) is 0 Å². The van der Waals surface area contributed by atoms with Gasteiger partial charge in [-0.3, -0.25) is 0 Å². The van der Waals surface area contributed by atoms with Crippen LogP contribution in [0, 0.1) is 0 Å². The van der Waals surface area contributed by atoms with Crippen LogP contribution in [0.4, 0.5) is 0 Å². The molecule has 0 aliphatic heterocycles. The Bertz CT molecular complexity index is 39.1. The second-order valence-corrected chi connectivity index (χ2v) is 2.89. The van der Waals surface area contributed by atoms with Crippen molar-refractivity contribution >= 4 is 27.5 Å². The van der Waals surface area contributed by atoms with Crippen molar-refractivity contribution in [2.24, 2.45) is 0 Å². The minimum Gasteiger partial charge on any atom is -0.123 e. The van der Waals surface area contributed by atoms with Crippen molar-refractivity contribution in [1.82, 2.24) is 0 Å². The Labute approximate surface area is 58.4 Å². The monoisotopic (exact) mass is 184 g/mol. The number of hydrogen-bond donors (Lipinski definition) is 0. The lowest BCUT2D eigenvalue weighted by molar-refractivity contribution is 0.792. The summed E-state index contributed by atoms with van der Waals surface area (Å²) in [5.74, 6) is 0. The Morgan fingerprint density at radius 3 is 2.43 bits per heavy atom. The number of halogens is 2. The summed E-state index contributed by atoms with van der Waals surface area (Å²) in [6.07, 6.45) is 2.16. The summed E-state index contributed by atoms with van der Waals surface area (Å²) in [5, 5.41) is 1.40. The molecule has 0 aliphatic carbocycles. The SMILES string of the molecule is CCC(Cl)CCBr. The zero-order valence-electron chi connectivity index (χ0n) is 4.45. The maximum absolute atomic E-state index is 5.74. The third kappa shape index (κ3) is 4.63. The van der Waals surface area contributed by atoms with E-state index in [0.717, 1.165) is 18.2 Å². The third-order valence-corrected chi connectivity index (χ3v) is 1.85. The molecule has 0 aromatic carbocycles. The van der Waals surface area contributed by atoms with Crippen LogP contribution in [-0.2, 0) is 0 Å². The van der Waals surface area contributed by atoms with Gasteiger partial charge in [-0.15, -0.1) is 11.6 Å². The van der Waals surface area contributed by atoms with Crippen molar-refractivity contribution in [3.05, 3.63) is 0 Å². The topological polar surface area (TPSA) is 0 Å². The van der Waals surface area contributed by atoms with Crippen molar-refractivity contribution in [3.8, 4) is 0 Å². The van der Waals surface area contributed by atoms with Crippen LogP contribution >= 0.6 is 27.5 Å². The number of rotatable bonds is 3. The molecule has 0 heterocycles. The number of alkyl halides is 2. The summed E-state index contributed by atoms with van der Waals surface area (Å²) in [6.45, 7) is 2.10. The molecule has 0 N–H and O–H groups in total. The zero-order valence-corrected chi connectivity index (χ0v) is 6.80. The molecule has 0 nitrogen and oxygen atoms in total. The second kappa shape index (κ2) is 4.92. The van der Waals surface area contributed by atoms with Gasteiger partial charge in [0.25, 0.3) is 0 Å². The van der Waals surface area contributed by atoms with Gasteiger partial charge in [0.2, 0.25) is 0 Å². The standard InChI is InChI=1S/C5H10BrCl/c1-2-5(7)3-4-6/h5H,2-4H2,1H3. The molecular formula is C5H10BrCl. The van der Waals surface area contributed by atoms with E-state index >= 15 is 0 Å². The van der Waals surface area contributed by atoms with E-state index in [4.69, 9.17) is 11.6 Å². The Balaban J connectivity index is 2.83. The van der Waals surface area contributed by atoms with E-state index in [1.54, 1.807) is 0 Å². The molecular weight excluding hydrogens is 175 g/mol. The van der Waals surface area contributed by atoms with Crippen LogP contribution in [0.1, 0.15) is 19.8 Å². The van der Waals surface area contributed by atoms with Crippen LogP contribution in [0.2, 0.25) is 0 Å². The van der Waals surface area contributed by atoms with E-state index in [0.29, 0.717) is 5.38 Å². The lowest BCUT2D eigenvalue weighted by Crippen LogP contribution is -1.94. The molecule has 0 aliphatic rings. The van der Waals surface area contributed by atoms with Gasteiger partial charge < -0.3 is 0 Å². The molecule has 0 fully saturated rings. The van der Waals surface area contributed by atoms with Gasteiger partial charge in [-0.2, -0.15) is 0 Å². The highest BCUT2D eigenvalue weighted by molar-refractivity contribution is 9.09. The first kappa shape index (κ1) is 7.77. The fourth-order valence-corrected chi connectivity index (χ4v) is 1.25. The van der Waals surface area contributed by atoms with Gasteiger partial charge >= 0.3 is 0 Å². The van der Waals surface area contributed by atoms with Gasteiger partial charge in [0.1, 0.15) is 0 Å². The van der Waals surface area contributed by atoms with Crippen LogP contribution in [0.25, 0.3) is 0 Å². The molecule has 2 heteroatoms. The summed E-state index contributed by atoms with van der Waals surface area (Å²) in [5.41, 5.74) is 0. The average molecular weight is 185 g/mol. The van der Waals surface area contributed by atoms with Gasteiger partial charge in [0.15, 0.2) is 0 Å². The highest BCUT2D eigenvalue weighted by atomic mass is 79.9. The summed E-state index contributed by atoms with van der Waals surface area (Å²) in [4.78, 5) is 0. The molecule has 1 unspecified atom stereocenters. The summed E-state index contributed by atoms with van der Waals surface area (Å²) >= 11 is 9.04. The fraction of sp³-hybridized carbons (Fsp3) is 1.00. The van der Waals surface area contributed by atoms with E-state index in [2.05, 4.69) is 22.9 Å². The first-order chi connectivity index (χ1) is 3.31. The van der Waals surface area contributed by atoms with Crippen molar-refractivity contribution in [2.75, 3.05) is 5.33 Å². The molecule has 0 aromatic heterocycles. The second-order valence-electron chi connectivity index (χ2n) is 1.48. The molecule has 1 atom stereocenters. The molecule has 0 aromatic rings. The maximum atomic E-state index is 5.74. The van der Waals surface area contributed by atoms with Crippen LogP contribution in [-0.4, -0.2) is 10.7 Å². The first-order valence-electron chi connectivity index (χ1n) is 2.51. The van der Waals surface area contributed by atoms with Gasteiger partial charge in [-0.05, 0) is 12.8 Å². The average Bonchev–Trinajstić information content (AvgIpc) is 1.68. The maximum Gasteiger partial charge on any atom is 0.0341 e. The van der Waals surface area contributed by atoms with Gasteiger partial charge in [-0.1, -0.05) is 22.9 Å². The zero-order chi connectivity index (χ0) is 5.70. The van der Waals surface area contributed by atoms with Gasteiger partial charge in [0, 0.05) is 10.7 Å². The molecule has 7 heavy (non-hydrogen) atoms. The van der Waals surface area contributed by atoms with E-state index in [9.17, 15) is 0 Å². The van der Waals surface area contributed by atoms with E-state index < -0.39 is 0 Å². The first-order valence-corrected chi connectivity index (χ1v) is 4.07. The molecule has 0 radical (unpaired) electrons. The highest BCUT2D eigenvalue weighted by Gasteiger charge is 1.96. The fourth-order valence-electron chi connectivity index (χ4n) is 0.323. The molecule has 0 spiro atoms. The van der Waals surface area contributed by atoms with Crippen LogP contribution < -0.4 is 0 Å². The minimum absolute atomic E-state index is 0.374. The molecule has 0 amide bonds. The quantitative estimate of drug-likeness (QED) is 0.593. The highest BCUT2D eigenvalue weighted by Crippen LogP contribution is 2.06. The van der Waals surface area contributed by atoms with Crippen LogP contribution in [0.5, 0.6) is 0 Å². The predicted molar refractivity (Wildman–Crippen MR) is 38.3 cm³/mol. The molecule has 0 bridgehead atoms. The number of hydrogen-bond acceptors (Lipinski definition) is 0. The van der Waals surface area contributed by atoms with Crippen molar-refractivity contribution in [2.45, 2.75) is 25.1 Å². The molecule has 0 saturated carbocycles. The molecule has 44 valence electrons.